The van der Waals surface area contributed by atoms with Gasteiger partial charge >= 0.3 is 0 Å². The van der Waals surface area contributed by atoms with Crippen molar-refractivity contribution >= 4 is 34.5 Å². The third-order valence-electron chi connectivity index (χ3n) is 2.60. The van der Waals surface area contributed by atoms with Crippen molar-refractivity contribution in [1.29, 1.82) is 0 Å². The number of pyridine rings is 1. The smallest absolute Gasteiger partial charge is 0.243 e. The normalized spacial score (nSPS) is 10.8. The minimum absolute atomic E-state index is 0.156. The molecule has 0 bridgehead atoms. The molecule has 0 fully saturated rings. The molecule has 7 heteroatoms. The molecule has 96 valence electrons. The molecule has 3 rings (SSSR count). The highest BCUT2D eigenvalue weighted by molar-refractivity contribution is 6.34. The van der Waals surface area contributed by atoms with Crippen LogP contribution < -0.4 is 5.32 Å². The van der Waals surface area contributed by atoms with Gasteiger partial charge in [-0.2, -0.15) is 4.98 Å². The molecule has 0 amide bonds. The van der Waals surface area contributed by atoms with Crippen LogP contribution in [0.4, 0.5) is 5.82 Å². The van der Waals surface area contributed by atoms with Crippen LogP contribution in [-0.2, 0) is 6.54 Å². The van der Waals surface area contributed by atoms with Gasteiger partial charge in [-0.05, 0) is 29.8 Å². The van der Waals surface area contributed by atoms with E-state index in [1.54, 1.807) is 23.0 Å². The summed E-state index contributed by atoms with van der Waals surface area (Å²) in [6.07, 6.45) is 3.47. The Morgan fingerprint density at radius 2 is 2.11 bits per heavy atom. The highest BCUT2D eigenvalue weighted by Crippen LogP contribution is 2.25. The number of rotatable bonds is 3. The second kappa shape index (κ2) is 5.03. The maximum Gasteiger partial charge on any atom is 0.243 e. The fourth-order valence-electron chi connectivity index (χ4n) is 1.76. The molecule has 0 saturated heterocycles. The van der Waals surface area contributed by atoms with Crippen molar-refractivity contribution in [2.75, 3.05) is 5.32 Å². The van der Waals surface area contributed by atoms with Crippen molar-refractivity contribution in [3.05, 3.63) is 52.7 Å². The summed E-state index contributed by atoms with van der Waals surface area (Å²) in [6, 6.07) is 7.46. The number of hydrogen-bond acceptors (Lipinski definition) is 4. The zero-order valence-corrected chi connectivity index (χ0v) is 11.2. The Hall–Kier alpha value is -1.85. The highest BCUT2D eigenvalue weighted by atomic mass is 35.5. The average molecular weight is 294 g/mol. The molecule has 1 N–H and O–H groups in total. The van der Waals surface area contributed by atoms with E-state index in [-0.39, 0.29) is 5.28 Å². The SMILES string of the molecule is Clc1nc(NCc2ccccn2)c2c(Cl)ccn2n1. The van der Waals surface area contributed by atoms with Crippen LogP contribution in [0.2, 0.25) is 10.3 Å². The molecular formula is C12H9Cl2N5. The molecule has 0 aromatic carbocycles. The quantitative estimate of drug-likeness (QED) is 0.806. The van der Waals surface area contributed by atoms with E-state index in [0.717, 1.165) is 5.69 Å². The summed E-state index contributed by atoms with van der Waals surface area (Å²) in [6.45, 7) is 0.533. The number of nitrogens with one attached hydrogen (secondary N) is 1. The van der Waals surface area contributed by atoms with Gasteiger partial charge < -0.3 is 5.32 Å². The largest absolute Gasteiger partial charge is 0.362 e. The Kier molecular flexibility index (Phi) is 3.23. The predicted octanol–water partition coefficient (Wildman–Crippen LogP) is 3.04. The molecule has 0 spiro atoms. The molecular weight excluding hydrogens is 285 g/mol. The lowest BCUT2D eigenvalue weighted by molar-refractivity contribution is 0.898. The van der Waals surface area contributed by atoms with E-state index in [9.17, 15) is 0 Å². The molecule has 0 unspecified atom stereocenters. The Bertz CT molecular complexity index is 711. The van der Waals surface area contributed by atoms with Crippen molar-refractivity contribution in [2.24, 2.45) is 0 Å². The van der Waals surface area contributed by atoms with Crippen LogP contribution in [0, 0.1) is 0 Å². The fraction of sp³-hybridized carbons (Fsp3) is 0.0833. The first-order valence-electron chi connectivity index (χ1n) is 5.58. The Morgan fingerprint density at radius 1 is 1.21 bits per heavy atom. The van der Waals surface area contributed by atoms with Crippen LogP contribution in [0.3, 0.4) is 0 Å². The molecule has 0 aliphatic heterocycles. The molecule has 3 aromatic rings. The summed E-state index contributed by atoms with van der Waals surface area (Å²) in [7, 11) is 0. The van der Waals surface area contributed by atoms with Gasteiger partial charge in [-0.1, -0.05) is 17.7 Å². The second-order valence-electron chi connectivity index (χ2n) is 3.86. The first-order valence-corrected chi connectivity index (χ1v) is 6.34. The van der Waals surface area contributed by atoms with Gasteiger partial charge in [0.2, 0.25) is 5.28 Å². The topological polar surface area (TPSA) is 55.1 Å². The third-order valence-corrected chi connectivity index (χ3v) is 3.06. The van der Waals surface area contributed by atoms with Crippen molar-refractivity contribution in [2.45, 2.75) is 6.54 Å². The van der Waals surface area contributed by atoms with Crippen LogP contribution in [0.5, 0.6) is 0 Å². The number of nitrogens with zero attached hydrogens (tertiary/aromatic N) is 4. The number of hydrogen-bond donors (Lipinski definition) is 1. The predicted molar refractivity (Wildman–Crippen MR) is 74.6 cm³/mol. The third kappa shape index (κ3) is 2.47. The lowest BCUT2D eigenvalue weighted by atomic mass is 10.3. The van der Waals surface area contributed by atoms with Crippen LogP contribution in [0.15, 0.2) is 36.7 Å². The van der Waals surface area contributed by atoms with Crippen LogP contribution in [0.25, 0.3) is 5.52 Å². The first-order chi connectivity index (χ1) is 9.24. The maximum atomic E-state index is 6.11. The zero-order valence-electron chi connectivity index (χ0n) is 9.72. The molecule has 0 saturated carbocycles. The van der Waals surface area contributed by atoms with E-state index in [1.807, 2.05) is 18.2 Å². The fourth-order valence-corrected chi connectivity index (χ4v) is 2.16. The summed E-state index contributed by atoms with van der Waals surface area (Å²) in [4.78, 5) is 8.39. The minimum Gasteiger partial charge on any atom is -0.362 e. The van der Waals surface area contributed by atoms with Crippen molar-refractivity contribution in [3.63, 3.8) is 0 Å². The number of aromatic nitrogens is 4. The van der Waals surface area contributed by atoms with E-state index in [4.69, 9.17) is 23.2 Å². The van der Waals surface area contributed by atoms with Gasteiger partial charge in [0.15, 0.2) is 5.82 Å². The summed E-state index contributed by atoms with van der Waals surface area (Å²) in [5.41, 5.74) is 1.60. The first kappa shape index (κ1) is 12.2. The minimum atomic E-state index is 0.156. The van der Waals surface area contributed by atoms with Crippen molar-refractivity contribution in [1.82, 2.24) is 19.6 Å². The Labute approximate surface area is 119 Å². The van der Waals surface area contributed by atoms with E-state index in [0.29, 0.717) is 22.9 Å². The average Bonchev–Trinajstić information content (AvgIpc) is 2.79. The monoisotopic (exact) mass is 293 g/mol. The van der Waals surface area contributed by atoms with Crippen LogP contribution in [0.1, 0.15) is 5.69 Å². The summed E-state index contributed by atoms with van der Waals surface area (Å²) in [5.74, 6) is 0.584. The lowest BCUT2D eigenvalue weighted by Gasteiger charge is -2.07. The van der Waals surface area contributed by atoms with Gasteiger partial charge in [0.05, 0.1) is 17.3 Å². The van der Waals surface area contributed by atoms with Crippen molar-refractivity contribution < 1.29 is 0 Å². The summed E-state index contributed by atoms with van der Waals surface area (Å²) < 4.78 is 1.60. The molecule has 19 heavy (non-hydrogen) atoms. The van der Waals surface area contributed by atoms with Gasteiger partial charge in [0.1, 0.15) is 5.52 Å². The van der Waals surface area contributed by atoms with Crippen LogP contribution in [-0.4, -0.2) is 19.6 Å². The Morgan fingerprint density at radius 3 is 2.89 bits per heavy atom. The molecule has 0 atom stereocenters. The zero-order chi connectivity index (χ0) is 13.2. The molecule has 0 aliphatic carbocycles. The molecule has 5 nitrogen and oxygen atoms in total. The van der Waals surface area contributed by atoms with E-state index >= 15 is 0 Å². The molecule has 0 aliphatic rings. The van der Waals surface area contributed by atoms with Gasteiger partial charge in [-0.15, -0.1) is 5.10 Å². The van der Waals surface area contributed by atoms with Gasteiger partial charge in [-0.25, -0.2) is 4.52 Å². The molecule has 0 radical (unpaired) electrons. The van der Waals surface area contributed by atoms with E-state index < -0.39 is 0 Å². The summed E-state index contributed by atoms with van der Waals surface area (Å²) in [5, 5.41) is 7.94. The molecule has 3 aromatic heterocycles. The number of anilines is 1. The van der Waals surface area contributed by atoms with E-state index in [2.05, 4.69) is 20.4 Å². The number of halogens is 2. The standard InChI is InChI=1S/C12H9Cl2N5/c13-9-4-6-19-10(9)11(17-12(14)18-19)16-7-8-3-1-2-5-15-8/h1-6H,7H2,(H,16,17,18). The van der Waals surface area contributed by atoms with Gasteiger partial charge in [0, 0.05) is 12.4 Å². The number of fused-ring (bicyclic) bond motifs is 1. The Balaban J connectivity index is 1.94. The highest BCUT2D eigenvalue weighted by Gasteiger charge is 2.10. The maximum absolute atomic E-state index is 6.11. The molecule has 3 heterocycles. The van der Waals surface area contributed by atoms with Crippen molar-refractivity contribution in [3.8, 4) is 0 Å². The second-order valence-corrected chi connectivity index (χ2v) is 4.61. The van der Waals surface area contributed by atoms with Crippen LogP contribution >= 0.6 is 23.2 Å². The summed E-state index contributed by atoms with van der Waals surface area (Å²) >= 11 is 12.0. The van der Waals surface area contributed by atoms with E-state index in [1.165, 1.54) is 0 Å². The van der Waals surface area contributed by atoms with Gasteiger partial charge in [-0.3, -0.25) is 4.98 Å². The van der Waals surface area contributed by atoms with Gasteiger partial charge in [0.25, 0.3) is 0 Å². The lowest BCUT2D eigenvalue weighted by Crippen LogP contribution is -2.06.